The average Bonchev–Trinajstić information content (AvgIpc) is 2.27. The van der Waals surface area contributed by atoms with E-state index in [0.29, 0.717) is 13.2 Å². The van der Waals surface area contributed by atoms with Crippen LogP contribution in [0.1, 0.15) is 18.1 Å². The number of hydrogen-bond acceptors (Lipinski definition) is 3. The standard InChI is InChI=1S/C13H20BrNO2/c1-9-6-12(14)7-11(4-5-15)13(9)17-8-10(2)16-3/h6-7,10H,4-5,8,15H2,1-3H3. The first kappa shape index (κ1) is 14.5. The molecular weight excluding hydrogens is 282 g/mol. The van der Waals surface area contributed by atoms with Crippen LogP contribution >= 0.6 is 15.9 Å². The molecular formula is C13H20BrNO2. The van der Waals surface area contributed by atoms with Crippen molar-refractivity contribution < 1.29 is 9.47 Å². The van der Waals surface area contributed by atoms with Crippen LogP contribution in [0.2, 0.25) is 0 Å². The molecule has 1 atom stereocenters. The van der Waals surface area contributed by atoms with E-state index in [0.717, 1.165) is 27.8 Å². The Morgan fingerprint density at radius 3 is 2.71 bits per heavy atom. The van der Waals surface area contributed by atoms with Gasteiger partial charge in [0.25, 0.3) is 0 Å². The first-order chi connectivity index (χ1) is 8.08. The van der Waals surface area contributed by atoms with Gasteiger partial charge in [-0.3, -0.25) is 0 Å². The molecule has 0 fully saturated rings. The van der Waals surface area contributed by atoms with Crippen LogP contribution in [-0.4, -0.2) is 26.4 Å². The summed E-state index contributed by atoms with van der Waals surface area (Å²) in [5, 5.41) is 0. The first-order valence-electron chi connectivity index (χ1n) is 5.73. The van der Waals surface area contributed by atoms with E-state index in [-0.39, 0.29) is 6.10 Å². The van der Waals surface area contributed by atoms with Crippen molar-refractivity contribution in [1.82, 2.24) is 0 Å². The van der Waals surface area contributed by atoms with E-state index >= 15 is 0 Å². The van der Waals surface area contributed by atoms with E-state index in [2.05, 4.69) is 22.0 Å². The summed E-state index contributed by atoms with van der Waals surface area (Å²) in [6.45, 7) is 5.19. The third-order valence-electron chi connectivity index (χ3n) is 2.59. The van der Waals surface area contributed by atoms with Gasteiger partial charge in [-0.2, -0.15) is 0 Å². The minimum atomic E-state index is 0.0868. The molecule has 96 valence electrons. The lowest BCUT2D eigenvalue weighted by atomic mass is 10.1. The van der Waals surface area contributed by atoms with Gasteiger partial charge in [-0.05, 0) is 50.1 Å². The van der Waals surface area contributed by atoms with Crippen LogP contribution < -0.4 is 10.5 Å². The predicted molar refractivity (Wildman–Crippen MR) is 73.6 cm³/mol. The van der Waals surface area contributed by atoms with Crippen LogP contribution in [0.4, 0.5) is 0 Å². The van der Waals surface area contributed by atoms with Gasteiger partial charge in [-0.15, -0.1) is 0 Å². The molecule has 0 aliphatic heterocycles. The highest BCUT2D eigenvalue weighted by molar-refractivity contribution is 9.10. The minimum absolute atomic E-state index is 0.0868. The van der Waals surface area contributed by atoms with Gasteiger partial charge in [0.15, 0.2) is 0 Å². The van der Waals surface area contributed by atoms with Crippen molar-refractivity contribution in [2.45, 2.75) is 26.4 Å². The molecule has 1 aromatic rings. The Hall–Kier alpha value is -0.580. The molecule has 0 radical (unpaired) electrons. The molecule has 1 aromatic carbocycles. The van der Waals surface area contributed by atoms with Crippen molar-refractivity contribution in [3.05, 3.63) is 27.7 Å². The molecule has 17 heavy (non-hydrogen) atoms. The minimum Gasteiger partial charge on any atom is -0.490 e. The van der Waals surface area contributed by atoms with Gasteiger partial charge in [0, 0.05) is 11.6 Å². The van der Waals surface area contributed by atoms with E-state index < -0.39 is 0 Å². The Bertz CT molecular complexity index is 369. The zero-order valence-electron chi connectivity index (χ0n) is 10.6. The van der Waals surface area contributed by atoms with Crippen LogP contribution in [0.15, 0.2) is 16.6 Å². The van der Waals surface area contributed by atoms with Gasteiger partial charge in [-0.1, -0.05) is 15.9 Å². The Balaban J connectivity index is 2.87. The second kappa shape index (κ2) is 6.99. The van der Waals surface area contributed by atoms with Crippen LogP contribution in [-0.2, 0) is 11.2 Å². The quantitative estimate of drug-likeness (QED) is 0.878. The number of hydrogen-bond donors (Lipinski definition) is 1. The molecule has 0 saturated carbocycles. The summed E-state index contributed by atoms with van der Waals surface area (Å²) in [5.74, 6) is 0.933. The highest BCUT2D eigenvalue weighted by Crippen LogP contribution is 2.28. The zero-order chi connectivity index (χ0) is 12.8. The van der Waals surface area contributed by atoms with E-state index in [4.69, 9.17) is 15.2 Å². The molecule has 0 bridgehead atoms. The van der Waals surface area contributed by atoms with Gasteiger partial charge in [-0.25, -0.2) is 0 Å². The molecule has 0 heterocycles. The first-order valence-corrected chi connectivity index (χ1v) is 6.52. The largest absolute Gasteiger partial charge is 0.490 e. The van der Waals surface area contributed by atoms with E-state index in [9.17, 15) is 0 Å². The maximum Gasteiger partial charge on any atom is 0.125 e. The third-order valence-corrected chi connectivity index (χ3v) is 3.05. The molecule has 3 nitrogen and oxygen atoms in total. The fourth-order valence-electron chi connectivity index (χ4n) is 1.62. The highest BCUT2D eigenvalue weighted by Gasteiger charge is 2.10. The van der Waals surface area contributed by atoms with E-state index in [1.807, 2.05) is 19.9 Å². The smallest absolute Gasteiger partial charge is 0.125 e. The van der Waals surface area contributed by atoms with E-state index in [1.54, 1.807) is 7.11 Å². The number of aryl methyl sites for hydroxylation is 1. The summed E-state index contributed by atoms with van der Waals surface area (Å²) in [6.07, 6.45) is 0.903. The molecule has 2 N–H and O–H groups in total. The van der Waals surface area contributed by atoms with Crippen molar-refractivity contribution in [2.24, 2.45) is 5.73 Å². The maximum absolute atomic E-state index is 5.83. The predicted octanol–water partition coefficient (Wildman–Crippen LogP) is 2.67. The molecule has 4 heteroatoms. The molecule has 0 saturated heterocycles. The summed E-state index contributed by atoms with van der Waals surface area (Å²) in [5.41, 5.74) is 7.87. The number of ether oxygens (including phenoxy) is 2. The second-order valence-corrected chi connectivity index (χ2v) is 5.02. The number of halogens is 1. The summed E-state index contributed by atoms with van der Waals surface area (Å²) < 4.78 is 12.1. The molecule has 0 aliphatic carbocycles. The Morgan fingerprint density at radius 2 is 2.12 bits per heavy atom. The van der Waals surface area contributed by atoms with Gasteiger partial charge >= 0.3 is 0 Å². The number of nitrogens with two attached hydrogens (primary N) is 1. The summed E-state index contributed by atoms with van der Waals surface area (Å²) in [4.78, 5) is 0. The van der Waals surface area contributed by atoms with Crippen molar-refractivity contribution >= 4 is 15.9 Å². The number of benzene rings is 1. The average molecular weight is 302 g/mol. The van der Waals surface area contributed by atoms with Gasteiger partial charge in [0.2, 0.25) is 0 Å². The fourth-order valence-corrected chi connectivity index (χ4v) is 2.24. The SMILES string of the molecule is COC(C)COc1c(C)cc(Br)cc1CCN. The number of methoxy groups -OCH3 is 1. The fraction of sp³-hybridized carbons (Fsp3) is 0.538. The van der Waals surface area contributed by atoms with Crippen molar-refractivity contribution in [3.8, 4) is 5.75 Å². The van der Waals surface area contributed by atoms with Crippen LogP contribution in [0.3, 0.4) is 0 Å². The molecule has 0 aromatic heterocycles. The van der Waals surface area contributed by atoms with Crippen molar-refractivity contribution in [3.63, 3.8) is 0 Å². The zero-order valence-corrected chi connectivity index (χ0v) is 12.2. The van der Waals surface area contributed by atoms with Crippen molar-refractivity contribution in [1.29, 1.82) is 0 Å². The monoisotopic (exact) mass is 301 g/mol. The van der Waals surface area contributed by atoms with Gasteiger partial charge in [0.05, 0.1) is 6.10 Å². The Labute approximate surface area is 111 Å². The molecule has 1 rings (SSSR count). The molecule has 0 spiro atoms. The van der Waals surface area contributed by atoms with Crippen LogP contribution in [0, 0.1) is 6.92 Å². The normalized spacial score (nSPS) is 12.5. The lowest BCUT2D eigenvalue weighted by Crippen LogP contribution is -2.17. The van der Waals surface area contributed by atoms with Crippen molar-refractivity contribution in [2.75, 3.05) is 20.3 Å². The highest BCUT2D eigenvalue weighted by atomic mass is 79.9. The maximum atomic E-state index is 5.83. The molecule has 1 unspecified atom stereocenters. The summed E-state index contributed by atoms with van der Waals surface area (Å²) in [6, 6.07) is 4.11. The summed E-state index contributed by atoms with van der Waals surface area (Å²) in [7, 11) is 1.68. The Kier molecular flexibility index (Phi) is 5.95. The lowest BCUT2D eigenvalue weighted by Gasteiger charge is -2.17. The summed E-state index contributed by atoms with van der Waals surface area (Å²) >= 11 is 3.49. The van der Waals surface area contributed by atoms with Crippen LogP contribution in [0.25, 0.3) is 0 Å². The molecule has 0 amide bonds. The third kappa shape index (κ3) is 4.30. The molecule has 0 aliphatic rings. The van der Waals surface area contributed by atoms with E-state index in [1.165, 1.54) is 0 Å². The topological polar surface area (TPSA) is 44.5 Å². The second-order valence-electron chi connectivity index (χ2n) is 4.11. The van der Waals surface area contributed by atoms with Gasteiger partial charge in [0.1, 0.15) is 12.4 Å². The number of rotatable bonds is 6. The van der Waals surface area contributed by atoms with Gasteiger partial charge < -0.3 is 15.2 Å². The lowest BCUT2D eigenvalue weighted by molar-refractivity contribution is 0.0710. The Morgan fingerprint density at radius 1 is 1.41 bits per heavy atom. The van der Waals surface area contributed by atoms with Crippen LogP contribution in [0.5, 0.6) is 5.75 Å².